The molecule has 0 saturated heterocycles. The summed E-state index contributed by atoms with van der Waals surface area (Å²) in [5.41, 5.74) is 6.93. The molecule has 2 heterocycles. The Kier molecular flexibility index (Phi) is 3.37. The molecule has 7 heteroatoms. The van der Waals surface area contributed by atoms with Crippen molar-refractivity contribution in [3.63, 3.8) is 0 Å². The lowest BCUT2D eigenvalue weighted by Crippen LogP contribution is -2.07. The Balaban J connectivity index is 2.31. The van der Waals surface area contributed by atoms with E-state index in [1.54, 1.807) is 17.8 Å². The summed E-state index contributed by atoms with van der Waals surface area (Å²) in [6.07, 6.45) is 1.35. The van der Waals surface area contributed by atoms with Gasteiger partial charge in [-0.1, -0.05) is 0 Å². The fraction of sp³-hybridized carbons (Fsp3) is 0.250. The van der Waals surface area contributed by atoms with Crippen LogP contribution in [0.2, 0.25) is 0 Å². The van der Waals surface area contributed by atoms with E-state index in [0.29, 0.717) is 5.88 Å². The third kappa shape index (κ3) is 2.65. The molecule has 0 bridgehead atoms. The van der Waals surface area contributed by atoms with Crippen LogP contribution in [0.25, 0.3) is 0 Å². The van der Waals surface area contributed by atoms with E-state index in [-0.39, 0.29) is 17.1 Å². The van der Waals surface area contributed by atoms with Gasteiger partial charge >= 0.3 is 5.97 Å². The predicted molar refractivity (Wildman–Crippen MR) is 68.0 cm³/mol. The van der Waals surface area contributed by atoms with Gasteiger partial charge in [-0.05, 0) is 6.92 Å². The number of aryl methyl sites for hydroxylation is 2. The minimum Gasteiger partial charge on any atom is -0.465 e. The number of esters is 1. The minimum absolute atomic E-state index is 0.214. The quantitative estimate of drug-likeness (QED) is 0.838. The van der Waals surface area contributed by atoms with Crippen molar-refractivity contribution in [3.8, 4) is 11.8 Å². The molecular formula is C12H14N4O3. The molecule has 0 aliphatic heterocycles. The first-order valence-electron chi connectivity index (χ1n) is 5.53. The fourth-order valence-corrected chi connectivity index (χ4v) is 1.58. The van der Waals surface area contributed by atoms with Crippen molar-refractivity contribution in [2.45, 2.75) is 6.92 Å². The van der Waals surface area contributed by atoms with Crippen molar-refractivity contribution >= 4 is 11.7 Å². The number of anilines is 1. The molecule has 0 amide bonds. The highest BCUT2D eigenvalue weighted by Gasteiger charge is 2.13. The molecule has 0 saturated carbocycles. The number of ether oxygens (including phenoxy) is 2. The number of rotatable bonds is 3. The molecule has 0 unspecified atom stereocenters. The Morgan fingerprint density at radius 2 is 2.16 bits per heavy atom. The lowest BCUT2D eigenvalue weighted by atomic mass is 10.2. The van der Waals surface area contributed by atoms with Crippen LogP contribution in [0.3, 0.4) is 0 Å². The van der Waals surface area contributed by atoms with Crippen LogP contribution in [-0.2, 0) is 11.8 Å². The van der Waals surface area contributed by atoms with Gasteiger partial charge in [-0.25, -0.2) is 14.5 Å². The molecule has 0 atom stereocenters. The highest BCUT2D eigenvalue weighted by Crippen LogP contribution is 2.23. The molecule has 7 nitrogen and oxygen atoms in total. The van der Waals surface area contributed by atoms with Crippen molar-refractivity contribution in [1.29, 1.82) is 0 Å². The van der Waals surface area contributed by atoms with E-state index in [0.717, 1.165) is 5.69 Å². The average Bonchev–Trinajstić information content (AvgIpc) is 2.69. The molecule has 0 spiro atoms. The van der Waals surface area contributed by atoms with E-state index in [1.165, 1.54) is 19.4 Å². The van der Waals surface area contributed by atoms with Gasteiger partial charge in [0.1, 0.15) is 0 Å². The van der Waals surface area contributed by atoms with Gasteiger partial charge < -0.3 is 15.2 Å². The largest absolute Gasteiger partial charge is 0.465 e. The second-order valence-corrected chi connectivity index (χ2v) is 3.95. The molecule has 0 aliphatic carbocycles. The number of hydrogen-bond donors (Lipinski definition) is 1. The number of nitrogens with zero attached hydrogens (tertiary/aromatic N) is 3. The maximum absolute atomic E-state index is 11.5. The summed E-state index contributed by atoms with van der Waals surface area (Å²) in [6, 6.07) is 3.19. The van der Waals surface area contributed by atoms with E-state index >= 15 is 0 Å². The molecule has 19 heavy (non-hydrogen) atoms. The topological polar surface area (TPSA) is 92.3 Å². The number of methoxy groups -OCH3 is 1. The Morgan fingerprint density at radius 1 is 1.42 bits per heavy atom. The Labute approximate surface area is 110 Å². The maximum atomic E-state index is 11.5. The Morgan fingerprint density at radius 3 is 2.74 bits per heavy atom. The number of carbonyl (C=O) groups is 1. The molecule has 100 valence electrons. The molecule has 2 N–H and O–H groups in total. The second kappa shape index (κ2) is 4.97. The number of carbonyl (C=O) groups excluding carboxylic acids is 1. The monoisotopic (exact) mass is 262 g/mol. The van der Waals surface area contributed by atoms with Gasteiger partial charge in [0.05, 0.1) is 30.3 Å². The Hall–Kier alpha value is -2.57. The number of pyridine rings is 1. The third-order valence-corrected chi connectivity index (χ3v) is 2.48. The first-order chi connectivity index (χ1) is 9.01. The van der Waals surface area contributed by atoms with Gasteiger partial charge in [-0.3, -0.25) is 0 Å². The van der Waals surface area contributed by atoms with Crippen molar-refractivity contribution in [3.05, 3.63) is 29.6 Å². The van der Waals surface area contributed by atoms with E-state index in [2.05, 4.69) is 14.8 Å². The maximum Gasteiger partial charge on any atom is 0.340 e. The first-order valence-corrected chi connectivity index (χ1v) is 5.53. The summed E-state index contributed by atoms with van der Waals surface area (Å²) in [5.74, 6) is 0.231. The normalized spacial score (nSPS) is 10.3. The van der Waals surface area contributed by atoms with Crippen LogP contribution in [0.15, 0.2) is 18.3 Å². The summed E-state index contributed by atoms with van der Waals surface area (Å²) in [6.45, 7) is 1.85. The number of hydrogen-bond acceptors (Lipinski definition) is 6. The van der Waals surface area contributed by atoms with Crippen LogP contribution >= 0.6 is 0 Å². The average molecular weight is 262 g/mol. The van der Waals surface area contributed by atoms with E-state index < -0.39 is 5.97 Å². The van der Waals surface area contributed by atoms with E-state index in [1.807, 2.05) is 6.92 Å². The fourth-order valence-electron chi connectivity index (χ4n) is 1.58. The first kappa shape index (κ1) is 12.9. The minimum atomic E-state index is -0.536. The SMILES string of the molecule is COC(=O)c1cc(Oc2cc(C)nn2C)ncc1N. The number of nitrogens with two attached hydrogens (primary N) is 1. The molecule has 0 fully saturated rings. The van der Waals surface area contributed by atoms with Crippen molar-refractivity contribution in [2.24, 2.45) is 7.05 Å². The molecule has 2 aromatic rings. The van der Waals surface area contributed by atoms with Crippen LogP contribution in [0, 0.1) is 6.92 Å². The zero-order valence-corrected chi connectivity index (χ0v) is 10.9. The molecule has 0 radical (unpaired) electrons. The van der Waals surface area contributed by atoms with Gasteiger partial charge in [0, 0.05) is 19.2 Å². The summed E-state index contributed by atoms with van der Waals surface area (Å²) < 4.78 is 11.8. The van der Waals surface area contributed by atoms with Crippen LogP contribution in [0.5, 0.6) is 11.8 Å². The van der Waals surface area contributed by atoms with Crippen LogP contribution < -0.4 is 10.5 Å². The van der Waals surface area contributed by atoms with Gasteiger partial charge in [0.25, 0.3) is 0 Å². The molecule has 0 aromatic carbocycles. The molecule has 2 aromatic heterocycles. The van der Waals surface area contributed by atoms with Crippen LogP contribution in [0.1, 0.15) is 16.1 Å². The zero-order chi connectivity index (χ0) is 14.0. The number of aromatic nitrogens is 3. The van der Waals surface area contributed by atoms with E-state index in [9.17, 15) is 4.79 Å². The highest BCUT2D eigenvalue weighted by molar-refractivity contribution is 5.95. The highest BCUT2D eigenvalue weighted by atomic mass is 16.5. The summed E-state index contributed by atoms with van der Waals surface area (Å²) in [5, 5.41) is 4.15. The summed E-state index contributed by atoms with van der Waals surface area (Å²) >= 11 is 0. The second-order valence-electron chi connectivity index (χ2n) is 3.95. The van der Waals surface area contributed by atoms with Gasteiger partial charge in [-0.2, -0.15) is 5.10 Å². The van der Waals surface area contributed by atoms with Gasteiger partial charge in [-0.15, -0.1) is 0 Å². The molecule has 0 aliphatic rings. The van der Waals surface area contributed by atoms with Crippen LogP contribution in [-0.4, -0.2) is 27.8 Å². The summed E-state index contributed by atoms with van der Waals surface area (Å²) in [7, 11) is 3.04. The van der Waals surface area contributed by atoms with Crippen molar-refractivity contribution in [2.75, 3.05) is 12.8 Å². The number of nitrogen functional groups attached to an aromatic ring is 1. The van der Waals surface area contributed by atoms with Crippen molar-refractivity contribution < 1.29 is 14.3 Å². The summed E-state index contributed by atoms with van der Waals surface area (Å²) in [4.78, 5) is 15.5. The van der Waals surface area contributed by atoms with Crippen LogP contribution in [0.4, 0.5) is 5.69 Å². The van der Waals surface area contributed by atoms with Gasteiger partial charge in [0.2, 0.25) is 11.8 Å². The molecule has 2 rings (SSSR count). The third-order valence-electron chi connectivity index (χ3n) is 2.48. The lowest BCUT2D eigenvalue weighted by Gasteiger charge is -2.07. The Bertz CT molecular complexity index is 621. The standard InChI is InChI=1S/C12H14N4O3/c1-7-4-11(16(2)15-7)19-10-5-8(12(17)18-3)9(13)6-14-10/h4-6H,13H2,1-3H3. The smallest absolute Gasteiger partial charge is 0.340 e. The predicted octanol–water partition coefficient (Wildman–Crippen LogP) is 1.28. The van der Waals surface area contributed by atoms with E-state index in [4.69, 9.17) is 10.5 Å². The molecular weight excluding hydrogens is 248 g/mol. The zero-order valence-electron chi connectivity index (χ0n) is 10.9. The van der Waals surface area contributed by atoms with Crippen molar-refractivity contribution in [1.82, 2.24) is 14.8 Å². The lowest BCUT2D eigenvalue weighted by molar-refractivity contribution is 0.0601. The van der Waals surface area contributed by atoms with Gasteiger partial charge in [0.15, 0.2) is 0 Å².